The van der Waals surface area contributed by atoms with Gasteiger partial charge >= 0.3 is 0 Å². The van der Waals surface area contributed by atoms with Gasteiger partial charge in [0.15, 0.2) is 5.82 Å². The maximum absolute atomic E-state index is 11.8. The van der Waals surface area contributed by atoms with Gasteiger partial charge in [-0.25, -0.2) is 0 Å². The Kier molecular flexibility index (Phi) is 2.33. The molecule has 0 aromatic carbocycles. The van der Waals surface area contributed by atoms with Gasteiger partial charge in [0.1, 0.15) is 0 Å². The number of hydrogen-bond acceptors (Lipinski definition) is 5. The number of anilines is 1. The molecule has 0 aliphatic carbocycles. The van der Waals surface area contributed by atoms with Gasteiger partial charge in [0.25, 0.3) is 0 Å². The number of nitrogens with zero attached hydrogens (tertiary/aromatic N) is 3. The van der Waals surface area contributed by atoms with Gasteiger partial charge in [-0.15, -0.1) is 5.10 Å². The fourth-order valence-corrected chi connectivity index (χ4v) is 2.65. The van der Waals surface area contributed by atoms with E-state index in [1.807, 2.05) is 24.0 Å². The van der Waals surface area contributed by atoms with Gasteiger partial charge in [0, 0.05) is 19.5 Å². The van der Waals surface area contributed by atoms with Crippen LogP contribution in [0, 0.1) is 12.3 Å². The second-order valence-corrected chi connectivity index (χ2v) is 5.04. The van der Waals surface area contributed by atoms with Crippen molar-refractivity contribution < 1.29 is 9.59 Å². The monoisotopic (exact) mass is 246 g/mol. The number of carbonyl (C=O) groups excluding carboxylic acids is 2. The summed E-state index contributed by atoms with van der Waals surface area (Å²) in [4.78, 5) is 25.2. The first kappa shape index (κ1) is 11.1. The molecule has 0 unspecified atom stereocenters. The van der Waals surface area contributed by atoms with E-state index in [0.717, 1.165) is 18.1 Å². The second-order valence-electron chi connectivity index (χ2n) is 5.04. The van der Waals surface area contributed by atoms with Gasteiger partial charge in [0.2, 0.25) is 11.8 Å². The highest BCUT2D eigenvalue weighted by atomic mass is 16.2. The van der Waals surface area contributed by atoms with Crippen LogP contribution in [-0.2, 0) is 9.59 Å². The molecule has 94 valence electrons. The van der Waals surface area contributed by atoms with Crippen LogP contribution in [0.1, 0.15) is 18.5 Å². The first-order valence-electron chi connectivity index (χ1n) is 5.99. The minimum Gasteiger partial charge on any atom is -0.354 e. The number of aryl methyl sites for hydroxylation is 1. The van der Waals surface area contributed by atoms with E-state index >= 15 is 0 Å². The Balaban J connectivity index is 1.81. The lowest BCUT2D eigenvalue weighted by Gasteiger charge is -2.20. The van der Waals surface area contributed by atoms with E-state index in [4.69, 9.17) is 0 Å². The maximum atomic E-state index is 11.8. The number of hydrogen-bond donors (Lipinski definition) is 1. The van der Waals surface area contributed by atoms with Gasteiger partial charge in [0.05, 0.1) is 11.1 Å². The highest BCUT2D eigenvalue weighted by Crippen LogP contribution is 2.38. The summed E-state index contributed by atoms with van der Waals surface area (Å²) in [6, 6.07) is 3.79. The van der Waals surface area contributed by atoms with Crippen LogP contribution in [0.5, 0.6) is 0 Å². The third kappa shape index (κ3) is 1.64. The fourth-order valence-electron chi connectivity index (χ4n) is 2.65. The molecule has 0 radical (unpaired) electrons. The Hall–Kier alpha value is -1.98. The molecule has 3 heterocycles. The van der Waals surface area contributed by atoms with Crippen LogP contribution in [0.3, 0.4) is 0 Å². The van der Waals surface area contributed by atoms with Crippen molar-refractivity contribution in [1.29, 1.82) is 0 Å². The molecule has 2 saturated heterocycles. The van der Waals surface area contributed by atoms with Crippen LogP contribution < -0.4 is 10.2 Å². The quantitative estimate of drug-likeness (QED) is 0.707. The summed E-state index contributed by atoms with van der Waals surface area (Å²) < 4.78 is 0. The normalized spacial score (nSPS) is 27.1. The van der Waals surface area contributed by atoms with E-state index in [1.54, 1.807) is 0 Å². The SMILES string of the molecule is Cc1ccc(N2CC[C@]3(CC(=O)NC3=O)C2)nn1. The van der Waals surface area contributed by atoms with Gasteiger partial charge in [-0.05, 0) is 25.5 Å². The van der Waals surface area contributed by atoms with Crippen molar-refractivity contribution in [2.75, 3.05) is 18.0 Å². The summed E-state index contributed by atoms with van der Waals surface area (Å²) >= 11 is 0. The van der Waals surface area contributed by atoms with Crippen LogP contribution >= 0.6 is 0 Å². The molecule has 2 amide bonds. The van der Waals surface area contributed by atoms with Crippen molar-refractivity contribution in [3.63, 3.8) is 0 Å². The number of rotatable bonds is 1. The summed E-state index contributed by atoms with van der Waals surface area (Å²) in [6.07, 6.45) is 0.988. The molecule has 2 aliphatic rings. The number of carbonyl (C=O) groups is 2. The molecule has 0 bridgehead atoms. The van der Waals surface area contributed by atoms with Crippen molar-refractivity contribution in [3.8, 4) is 0 Å². The number of aromatic nitrogens is 2. The lowest BCUT2D eigenvalue weighted by atomic mass is 9.85. The molecule has 2 aliphatic heterocycles. The molecule has 1 spiro atoms. The van der Waals surface area contributed by atoms with Crippen molar-refractivity contribution in [3.05, 3.63) is 17.8 Å². The average Bonchev–Trinajstić information content (AvgIpc) is 2.86. The van der Waals surface area contributed by atoms with Crippen molar-refractivity contribution in [2.24, 2.45) is 5.41 Å². The van der Waals surface area contributed by atoms with Crippen LogP contribution in [-0.4, -0.2) is 35.1 Å². The van der Waals surface area contributed by atoms with Crippen LogP contribution in [0.15, 0.2) is 12.1 Å². The molecule has 1 N–H and O–H groups in total. The molecule has 6 heteroatoms. The third-order valence-electron chi connectivity index (χ3n) is 3.70. The van der Waals surface area contributed by atoms with Crippen molar-refractivity contribution in [1.82, 2.24) is 15.5 Å². The minimum absolute atomic E-state index is 0.143. The number of imide groups is 1. The van der Waals surface area contributed by atoms with E-state index in [9.17, 15) is 9.59 Å². The topological polar surface area (TPSA) is 75.2 Å². The smallest absolute Gasteiger partial charge is 0.235 e. The molecular weight excluding hydrogens is 232 g/mol. The Morgan fingerprint density at radius 3 is 2.78 bits per heavy atom. The Bertz CT molecular complexity index is 513. The Labute approximate surface area is 104 Å². The molecule has 1 aromatic heterocycles. The van der Waals surface area contributed by atoms with Crippen molar-refractivity contribution >= 4 is 17.6 Å². The molecule has 1 atom stereocenters. The molecular formula is C12H14N4O2. The van der Waals surface area contributed by atoms with E-state index in [2.05, 4.69) is 15.5 Å². The molecule has 3 rings (SSSR count). The van der Waals surface area contributed by atoms with E-state index in [0.29, 0.717) is 19.4 Å². The van der Waals surface area contributed by atoms with Crippen LogP contribution in [0.4, 0.5) is 5.82 Å². The molecule has 18 heavy (non-hydrogen) atoms. The average molecular weight is 246 g/mol. The van der Waals surface area contributed by atoms with Crippen LogP contribution in [0.25, 0.3) is 0 Å². The summed E-state index contributed by atoms with van der Waals surface area (Å²) in [7, 11) is 0. The fraction of sp³-hybridized carbons (Fsp3) is 0.500. The third-order valence-corrected chi connectivity index (χ3v) is 3.70. The first-order valence-corrected chi connectivity index (χ1v) is 5.99. The predicted octanol–water partition coefficient (Wildman–Crippen LogP) is 0.0280. The highest BCUT2D eigenvalue weighted by molar-refractivity contribution is 6.06. The summed E-state index contributed by atoms with van der Waals surface area (Å²) in [5.41, 5.74) is 0.311. The summed E-state index contributed by atoms with van der Waals surface area (Å²) in [5.74, 6) is 0.455. The Morgan fingerprint density at radius 2 is 2.17 bits per heavy atom. The molecule has 1 aromatic rings. The van der Waals surface area contributed by atoms with E-state index < -0.39 is 5.41 Å². The van der Waals surface area contributed by atoms with Gasteiger partial charge in [-0.2, -0.15) is 5.10 Å². The second kappa shape index (κ2) is 3.76. The highest BCUT2D eigenvalue weighted by Gasteiger charge is 2.51. The summed E-state index contributed by atoms with van der Waals surface area (Å²) in [5, 5.41) is 10.5. The van der Waals surface area contributed by atoms with Gasteiger partial charge in [-0.3, -0.25) is 14.9 Å². The molecule has 0 saturated carbocycles. The predicted molar refractivity (Wildman–Crippen MR) is 63.8 cm³/mol. The standard InChI is InChI=1S/C12H14N4O2/c1-8-2-3-9(15-14-8)16-5-4-12(7-16)6-10(17)13-11(12)18/h2-3H,4-7H2,1H3,(H,13,17,18)/t12-/m0/s1. The zero-order valence-corrected chi connectivity index (χ0v) is 10.1. The Morgan fingerprint density at radius 1 is 1.33 bits per heavy atom. The number of amides is 2. The molecule has 2 fully saturated rings. The summed E-state index contributed by atoms with van der Waals surface area (Å²) in [6.45, 7) is 3.16. The lowest BCUT2D eigenvalue weighted by Crippen LogP contribution is -2.34. The van der Waals surface area contributed by atoms with E-state index in [1.165, 1.54) is 0 Å². The zero-order valence-electron chi connectivity index (χ0n) is 10.1. The van der Waals surface area contributed by atoms with Gasteiger partial charge in [-0.1, -0.05) is 0 Å². The van der Waals surface area contributed by atoms with E-state index in [-0.39, 0.29) is 11.8 Å². The van der Waals surface area contributed by atoms with Crippen molar-refractivity contribution in [2.45, 2.75) is 19.8 Å². The van der Waals surface area contributed by atoms with Gasteiger partial charge < -0.3 is 4.90 Å². The maximum Gasteiger partial charge on any atom is 0.235 e. The minimum atomic E-state index is -0.552. The number of nitrogens with one attached hydrogen (secondary N) is 1. The lowest BCUT2D eigenvalue weighted by molar-refractivity contribution is -0.127. The zero-order chi connectivity index (χ0) is 12.8. The largest absolute Gasteiger partial charge is 0.354 e. The first-order chi connectivity index (χ1) is 8.59. The van der Waals surface area contributed by atoms with Crippen LogP contribution in [0.2, 0.25) is 0 Å². The molecule has 6 nitrogen and oxygen atoms in total.